The predicted octanol–water partition coefficient (Wildman–Crippen LogP) is 3.61. The third-order valence-corrected chi connectivity index (χ3v) is 2.73. The molecule has 2 aromatic rings. The molecule has 0 unspecified atom stereocenters. The first-order valence-corrected chi connectivity index (χ1v) is 5.51. The monoisotopic (exact) mass is 256 g/mol. The minimum atomic E-state index is 0.500. The molecule has 0 aliphatic heterocycles. The summed E-state index contributed by atoms with van der Waals surface area (Å²) in [5, 5.41) is 4.09. The lowest BCUT2D eigenvalue weighted by Crippen LogP contribution is -1.88. The zero-order valence-corrected chi connectivity index (χ0v) is 10.1. The molecule has 0 bridgehead atoms. The van der Waals surface area contributed by atoms with Crippen molar-refractivity contribution in [1.82, 2.24) is 4.98 Å². The summed E-state index contributed by atoms with van der Waals surface area (Å²) in [4.78, 5) is 4.03. The molecule has 0 atom stereocenters. The van der Waals surface area contributed by atoms with Crippen molar-refractivity contribution in [3.05, 3.63) is 45.8 Å². The van der Waals surface area contributed by atoms with Crippen LogP contribution in [0.25, 0.3) is 0 Å². The molecule has 0 spiro atoms. The largest absolute Gasteiger partial charge is 0.428 e. The number of nitrogens with one attached hydrogen (secondary N) is 1. The van der Waals surface area contributed by atoms with Crippen molar-refractivity contribution in [3.8, 4) is 0 Å². The second kappa shape index (κ2) is 4.76. The fraction of sp³-hybridized carbons (Fsp3) is 0.182. The van der Waals surface area contributed by atoms with Gasteiger partial charge < -0.3 is 9.73 Å². The first-order valence-electron chi connectivity index (χ1n) is 4.75. The molecule has 0 aliphatic rings. The Bertz CT molecular complexity index is 496. The Morgan fingerprint density at radius 1 is 1.38 bits per heavy atom. The van der Waals surface area contributed by atoms with Gasteiger partial charge in [0.15, 0.2) is 0 Å². The lowest BCUT2D eigenvalue weighted by atomic mass is 10.1. The molecule has 16 heavy (non-hydrogen) atoms. The van der Waals surface area contributed by atoms with Gasteiger partial charge in [-0.15, -0.1) is 0 Å². The molecule has 1 heterocycles. The standard InChI is InChI=1S/C11H10Cl2N2O/c1-14-11-15-6-9(16-11)4-7-2-3-8(12)5-10(7)13/h2-3,5-6H,4H2,1H3,(H,14,15). The molecule has 0 saturated heterocycles. The van der Waals surface area contributed by atoms with Crippen LogP contribution in [0.5, 0.6) is 0 Å². The van der Waals surface area contributed by atoms with Gasteiger partial charge in [-0.2, -0.15) is 0 Å². The van der Waals surface area contributed by atoms with Crippen LogP contribution >= 0.6 is 23.2 Å². The van der Waals surface area contributed by atoms with E-state index in [1.54, 1.807) is 25.4 Å². The second-order valence-corrected chi connectivity index (χ2v) is 4.14. The fourth-order valence-electron chi connectivity index (χ4n) is 1.36. The smallest absolute Gasteiger partial charge is 0.294 e. The molecule has 0 fully saturated rings. The van der Waals surface area contributed by atoms with E-state index < -0.39 is 0 Å². The van der Waals surface area contributed by atoms with Crippen molar-refractivity contribution in [1.29, 1.82) is 0 Å². The molecule has 1 aromatic heterocycles. The molecule has 0 amide bonds. The van der Waals surface area contributed by atoms with Gasteiger partial charge in [0.25, 0.3) is 6.01 Å². The summed E-state index contributed by atoms with van der Waals surface area (Å²) in [6, 6.07) is 5.90. The highest BCUT2D eigenvalue weighted by molar-refractivity contribution is 6.35. The second-order valence-electron chi connectivity index (χ2n) is 3.29. The Labute approximate surface area is 103 Å². The Morgan fingerprint density at radius 2 is 2.19 bits per heavy atom. The molecule has 5 heteroatoms. The third-order valence-electron chi connectivity index (χ3n) is 2.15. The molecule has 84 valence electrons. The van der Waals surface area contributed by atoms with Crippen molar-refractivity contribution in [3.63, 3.8) is 0 Å². The topological polar surface area (TPSA) is 38.1 Å². The average molecular weight is 257 g/mol. The maximum atomic E-state index is 6.06. The number of benzene rings is 1. The van der Waals surface area contributed by atoms with Crippen LogP contribution in [-0.2, 0) is 6.42 Å². The van der Waals surface area contributed by atoms with E-state index in [1.165, 1.54) is 0 Å². The van der Waals surface area contributed by atoms with E-state index in [-0.39, 0.29) is 0 Å². The molecule has 1 N–H and O–H groups in total. The SMILES string of the molecule is CNc1ncc(Cc2ccc(Cl)cc2Cl)o1. The third kappa shape index (κ3) is 2.49. The molecule has 2 rings (SSSR count). The lowest BCUT2D eigenvalue weighted by molar-refractivity contribution is 0.530. The number of aromatic nitrogens is 1. The summed E-state index contributed by atoms with van der Waals surface area (Å²) in [5.41, 5.74) is 0.963. The number of oxazole rings is 1. The molecule has 3 nitrogen and oxygen atoms in total. The van der Waals surface area contributed by atoms with Crippen LogP contribution in [0.2, 0.25) is 10.0 Å². The fourth-order valence-corrected chi connectivity index (χ4v) is 1.83. The van der Waals surface area contributed by atoms with E-state index in [4.69, 9.17) is 27.6 Å². The summed E-state index contributed by atoms with van der Waals surface area (Å²) < 4.78 is 5.41. The van der Waals surface area contributed by atoms with Crippen LogP contribution < -0.4 is 5.32 Å². The van der Waals surface area contributed by atoms with Crippen molar-refractivity contribution >= 4 is 29.2 Å². The maximum absolute atomic E-state index is 6.06. The van der Waals surface area contributed by atoms with Gasteiger partial charge in [0.2, 0.25) is 0 Å². The van der Waals surface area contributed by atoms with Crippen LogP contribution in [0.15, 0.2) is 28.8 Å². The van der Waals surface area contributed by atoms with Gasteiger partial charge in [-0.1, -0.05) is 29.3 Å². The predicted molar refractivity (Wildman–Crippen MR) is 65.3 cm³/mol. The highest BCUT2D eigenvalue weighted by Crippen LogP contribution is 2.24. The minimum Gasteiger partial charge on any atom is -0.428 e. The van der Waals surface area contributed by atoms with Crippen LogP contribution in [0.3, 0.4) is 0 Å². The summed E-state index contributed by atoms with van der Waals surface area (Å²) in [6.07, 6.45) is 2.28. The summed E-state index contributed by atoms with van der Waals surface area (Å²) in [7, 11) is 1.75. The zero-order chi connectivity index (χ0) is 11.5. The van der Waals surface area contributed by atoms with E-state index in [1.807, 2.05) is 6.07 Å². The first-order chi connectivity index (χ1) is 7.69. The van der Waals surface area contributed by atoms with E-state index in [0.29, 0.717) is 22.5 Å². The highest BCUT2D eigenvalue weighted by Gasteiger charge is 2.06. The number of rotatable bonds is 3. The van der Waals surface area contributed by atoms with Gasteiger partial charge in [0, 0.05) is 23.5 Å². The molecule has 0 radical (unpaired) electrons. The average Bonchev–Trinajstić information content (AvgIpc) is 2.70. The molecule has 0 aliphatic carbocycles. The summed E-state index contributed by atoms with van der Waals surface area (Å²) in [5.74, 6) is 0.758. The van der Waals surface area contributed by atoms with Gasteiger partial charge in [-0.3, -0.25) is 0 Å². The summed E-state index contributed by atoms with van der Waals surface area (Å²) >= 11 is 11.9. The van der Waals surface area contributed by atoms with Gasteiger partial charge in [0.1, 0.15) is 5.76 Å². The zero-order valence-electron chi connectivity index (χ0n) is 8.63. The van der Waals surface area contributed by atoms with E-state index >= 15 is 0 Å². The van der Waals surface area contributed by atoms with Crippen LogP contribution in [0, 0.1) is 0 Å². The maximum Gasteiger partial charge on any atom is 0.294 e. The van der Waals surface area contributed by atoms with Gasteiger partial charge in [-0.25, -0.2) is 4.98 Å². The van der Waals surface area contributed by atoms with Gasteiger partial charge >= 0.3 is 0 Å². The molecule has 1 aromatic carbocycles. The number of hydrogen-bond acceptors (Lipinski definition) is 3. The number of halogens is 2. The summed E-state index contributed by atoms with van der Waals surface area (Å²) in [6.45, 7) is 0. The number of hydrogen-bond donors (Lipinski definition) is 1. The Morgan fingerprint density at radius 3 is 2.81 bits per heavy atom. The highest BCUT2D eigenvalue weighted by atomic mass is 35.5. The molecular weight excluding hydrogens is 247 g/mol. The Balaban J connectivity index is 2.20. The van der Waals surface area contributed by atoms with Crippen molar-refractivity contribution < 1.29 is 4.42 Å². The lowest BCUT2D eigenvalue weighted by Gasteiger charge is -2.01. The van der Waals surface area contributed by atoms with Crippen molar-refractivity contribution in [2.45, 2.75) is 6.42 Å². The van der Waals surface area contributed by atoms with Crippen LogP contribution in [0.4, 0.5) is 6.01 Å². The van der Waals surface area contributed by atoms with Gasteiger partial charge in [0.05, 0.1) is 6.20 Å². The van der Waals surface area contributed by atoms with E-state index in [9.17, 15) is 0 Å². The number of nitrogens with zero attached hydrogens (tertiary/aromatic N) is 1. The Kier molecular flexibility index (Phi) is 3.36. The van der Waals surface area contributed by atoms with Crippen molar-refractivity contribution in [2.24, 2.45) is 0 Å². The quantitative estimate of drug-likeness (QED) is 0.912. The number of anilines is 1. The van der Waals surface area contributed by atoms with Crippen molar-refractivity contribution in [2.75, 3.05) is 12.4 Å². The van der Waals surface area contributed by atoms with Crippen LogP contribution in [-0.4, -0.2) is 12.0 Å². The normalized spacial score (nSPS) is 10.4. The van der Waals surface area contributed by atoms with Crippen LogP contribution in [0.1, 0.15) is 11.3 Å². The Hall–Kier alpha value is -1.19. The first kappa shape index (κ1) is 11.3. The molecule has 0 saturated carbocycles. The minimum absolute atomic E-state index is 0.500. The van der Waals surface area contributed by atoms with E-state index in [2.05, 4.69) is 10.3 Å². The van der Waals surface area contributed by atoms with Gasteiger partial charge in [-0.05, 0) is 17.7 Å². The molecular formula is C11H10Cl2N2O. The van der Waals surface area contributed by atoms with E-state index in [0.717, 1.165) is 11.3 Å².